The number of rotatable bonds is 5. The minimum absolute atomic E-state index is 0.184. The summed E-state index contributed by atoms with van der Waals surface area (Å²) in [6.45, 7) is 8.51. The molecule has 1 saturated heterocycles. The second-order valence-corrected chi connectivity index (χ2v) is 5.28. The van der Waals surface area contributed by atoms with Gasteiger partial charge in [-0.2, -0.15) is 4.91 Å². The van der Waals surface area contributed by atoms with E-state index in [0.717, 1.165) is 25.9 Å². The molecule has 2 atom stereocenters. The summed E-state index contributed by atoms with van der Waals surface area (Å²) >= 11 is 0. The predicted molar refractivity (Wildman–Crippen MR) is 60.9 cm³/mol. The van der Waals surface area contributed by atoms with E-state index in [1.807, 2.05) is 20.8 Å². The molecular formula is C11H22N2O2. The maximum atomic E-state index is 10.7. The Labute approximate surface area is 91.7 Å². The monoisotopic (exact) mass is 214 g/mol. The summed E-state index contributed by atoms with van der Waals surface area (Å²) in [7, 11) is 0. The van der Waals surface area contributed by atoms with Crippen LogP contribution in [0.4, 0.5) is 0 Å². The highest BCUT2D eigenvalue weighted by atomic mass is 16.5. The SMILES string of the molecule is CC(C)(C)OCC(CC1CCNC1)N=O. The second-order valence-electron chi connectivity index (χ2n) is 5.28. The first-order chi connectivity index (χ1) is 7.01. The molecule has 0 aromatic rings. The first-order valence-corrected chi connectivity index (χ1v) is 5.68. The first kappa shape index (κ1) is 12.6. The lowest BCUT2D eigenvalue weighted by Crippen LogP contribution is -2.27. The summed E-state index contributed by atoms with van der Waals surface area (Å²) in [6, 6.07) is -0.186. The fourth-order valence-corrected chi connectivity index (χ4v) is 1.79. The molecule has 1 rings (SSSR count). The van der Waals surface area contributed by atoms with Crippen molar-refractivity contribution < 1.29 is 4.74 Å². The van der Waals surface area contributed by atoms with Crippen molar-refractivity contribution in [3.8, 4) is 0 Å². The lowest BCUT2D eigenvalue weighted by atomic mass is 10.00. The van der Waals surface area contributed by atoms with Crippen molar-refractivity contribution in [2.75, 3.05) is 19.7 Å². The average Bonchev–Trinajstić information content (AvgIpc) is 2.63. The minimum atomic E-state index is -0.186. The summed E-state index contributed by atoms with van der Waals surface area (Å²) in [5.41, 5.74) is -0.184. The van der Waals surface area contributed by atoms with E-state index in [0.29, 0.717) is 12.5 Å². The van der Waals surface area contributed by atoms with E-state index >= 15 is 0 Å². The van der Waals surface area contributed by atoms with Gasteiger partial charge in [0.2, 0.25) is 0 Å². The first-order valence-electron chi connectivity index (χ1n) is 5.68. The number of nitrogens with zero attached hydrogens (tertiary/aromatic N) is 1. The van der Waals surface area contributed by atoms with E-state index in [1.165, 1.54) is 0 Å². The van der Waals surface area contributed by atoms with Gasteiger partial charge in [0.25, 0.3) is 0 Å². The van der Waals surface area contributed by atoms with Crippen LogP contribution >= 0.6 is 0 Å². The van der Waals surface area contributed by atoms with E-state index in [4.69, 9.17) is 4.74 Å². The highest BCUT2D eigenvalue weighted by molar-refractivity contribution is 4.78. The zero-order valence-electron chi connectivity index (χ0n) is 9.95. The molecule has 0 aromatic heterocycles. The molecule has 0 saturated carbocycles. The zero-order valence-corrected chi connectivity index (χ0v) is 9.95. The molecule has 4 heteroatoms. The summed E-state index contributed by atoms with van der Waals surface area (Å²) in [4.78, 5) is 10.7. The number of ether oxygens (including phenoxy) is 1. The molecular weight excluding hydrogens is 192 g/mol. The zero-order chi connectivity index (χ0) is 11.3. The van der Waals surface area contributed by atoms with Gasteiger partial charge in [0.15, 0.2) is 0 Å². The van der Waals surface area contributed by atoms with E-state index in [9.17, 15) is 4.91 Å². The van der Waals surface area contributed by atoms with Gasteiger partial charge >= 0.3 is 0 Å². The van der Waals surface area contributed by atoms with Crippen LogP contribution in [-0.2, 0) is 4.74 Å². The molecule has 0 aliphatic carbocycles. The average molecular weight is 214 g/mol. The van der Waals surface area contributed by atoms with Crippen LogP contribution in [0.5, 0.6) is 0 Å². The third-order valence-corrected chi connectivity index (χ3v) is 2.63. The van der Waals surface area contributed by atoms with Crippen LogP contribution in [0, 0.1) is 10.8 Å². The van der Waals surface area contributed by atoms with Crippen molar-refractivity contribution in [1.29, 1.82) is 0 Å². The van der Waals surface area contributed by atoms with Gasteiger partial charge in [-0.25, -0.2) is 0 Å². The molecule has 0 radical (unpaired) electrons. The highest BCUT2D eigenvalue weighted by Crippen LogP contribution is 2.18. The summed E-state index contributed by atoms with van der Waals surface area (Å²) in [6.07, 6.45) is 2.01. The van der Waals surface area contributed by atoms with Gasteiger partial charge in [0, 0.05) is 0 Å². The molecule has 88 valence electrons. The molecule has 15 heavy (non-hydrogen) atoms. The van der Waals surface area contributed by atoms with Crippen LogP contribution in [0.25, 0.3) is 0 Å². The van der Waals surface area contributed by atoms with Gasteiger partial charge in [-0.05, 0) is 52.6 Å². The normalized spacial score (nSPS) is 24.1. The molecule has 0 bridgehead atoms. The summed E-state index contributed by atoms with van der Waals surface area (Å²) < 4.78 is 5.58. The number of nitroso groups, excluding NO2 is 1. The Bertz CT molecular complexity index is 195. The fourth-order valence-electron chi connectivity index (χ4n) is 1.79. The Kier molecular flexibility index (Phi) is 4.67. The van der Waals surface area contributed by atoms with Crippen molar-refractivity contribution in [3.63, 3.8) is 0 Å². The van der Waals surface area contributed by atoms with Crippen LogP contribution in [0.2, 0.25) is 0 Å². The lowest BCUT2D eigenvalue weighted by Gasteiger charge is -2.22. The van der Waals surface area contributed by atoms with Crippen molar-refractivity contribution in [3.05, 3.63) is 4.91 Å². The molecule has 1 N–H and O–H groups in total. The lowest BCUT2D eigenvalue weighted by molar-refractivity contribution is -0.0120. The molecule has 4 nitrogen and oxygen atoms in total. The third kappa shape index (κ3) is 5.23. The van der Waals surface area contributed by atoms with Crippen molar-refractivity contribution in [2.24, 2.45) is 11.1 Å². The fraction of sp³-hybridized carbons (Fsp3) is 1.00. The quantitative estimate of drug-likeness (QED) is 0.711. The third-order valence-electron chi connectivity index (χ3n) is 2.63. The van der Waals surface area contributed by atoms with Gasteiger partial charge in [0.1, 0.15) is 6.04 Å². The van der Waals surface area contributed by atoms with Crippen molar-refractivity contribution in [2.45, 2.75) is 45.3 Å². The predicted octanol–water partition coefficient (Wildman–Crippen LogP) is 1.94. The molecule has 0 amide bonds. The molecule has 0 spiro atoms. The van der Waals surface area contributed by atoms with E-state index in [-0.39, 0.29) is 11.6 Å². The van der Waals surface area contributed by atoms with Gasteiger partial charge < -0.3 is 10.1 Å². The van der Waals surface area contributed by atoms with E-state index in [1.54, 1.807) is 0 Å². The minimum Gasteiger partial charge on any atom is -0.374 e. The van der Waals surface area contributed by atoms with Crippen LogP contribution in [0.3, 0.4) is 0 Å². The molecule has 1 aliphatic heterocycles. The molecule has 1 fully saturated rings. The summed E-state index contributed by atoms with van der Waals surface area (Å²) in [5.74, 6) is 0.594. The highest BCUT2D eigenvalue weighted by Gasteiger charge is 2.22. The van der Waals surface area contributed by atoms with Gasteiger partial charge in [0.05, 0.1) is 12.2 Å². The second kappa shape index (κ2) is 5.56. The Balaban J connectivity index is 2.25. The van der Waals surface area contributed by atoms with Crippen LogP contribution < -0.4 is 5.32 Å². The van der Waals surface area contributed by atoms with Crippen molar-refractivity contribution >= 4 is 0 Å². The van der Waals surface area contributed by atoms with Gasteiger partial charge in [-0.1, -0.05) is 5.18 Å². The Morgan fingerprint density at radius 3 is 2.73 bits per heavy atom. The summed E-state index contributed by atoms with van der Waals surface area (Å²) in [5, 5.41) is 6.44. The number of hydrogen-bond donors (Lipinski definition) is 1. The van der Waals surface area contributed by atoms with Crippen LogP contribution in [0.15, 0.2) is 5.18 Å². The van der Waals surface area contributed by atoms with E-state index in [2.05, 4.69) is 10.5 Å². The Morgan fingerprint density at radius 2 is 2.27 bits per heavy atom. The molecule has 1 aliphatic rings. The van der Waals surface area contributed by atoms with Gasteiger partial charge in [-0.15, -0.1) is 0 Å². The Hall–Kier alpha value is -0.480. The van der Waals surface area contributed by atoms with Crippen molar-refractivity contribution in [1.82, 2.24) is 5.32 Å². The van der Waals surface area contributed by atoms with Crippen LogP contribution in [0.1, 0.15) is 33.6 Å². The molecule has 0 aromatic carbocycles. The topological polar surface area (TPSA) is 50.7 Å². The molecule has 2 unspecified atom stereocenters. The maximum Gasteiger partial charge on any atom is 0.116 e. The van der Waals surface area contributed by atoms with E-state index < -0.39 is 0 Å². The standard InChI is InChI=1S/C11H22N2O2/c1-11(2,3)15-8-10(13-14)6-9-4-5-12-7-9/h9-10,12H,4-8H2,1-3H3. The molecule has 1 heterocycles. The number of hydrogen-bond acceptors (Lipinski definition) is 4. The smallest absolute Gasteiger partial charge is 0.116 e. The number of nitrogens with one attached hydrogen (secondary N) is 1. The van der Waals surface area contributed by atoms with Crippen LogP contribution in [-0.4, -0.2) is 31.3 Å². The maximum absolute atomic E-state index is 10.7. The van der Waals surface area contributed by atoms with Gasteiger partial charge in [-0.3, -0.25) is 0 Å². The largest absolute Gasteiger partial charge is 0.374 e. The Morgan fingerprint density at radius 1 is 1.53 bits per heavy atom.